The van der Waals surface area contributed by atoms with Crippen LogP contribution in [0.15, 0.2) is 42.5 Å². The van der Waals surface area contributed by atoms with Crippen molar-refractivity contribution in [1.82, 2.24) is 0 Å². The molecule has 0 aliphatic rings. The second-order valence-corrected chi connectivity index (χ2v) is 5.52. The minimum Gasteiger partial charge on any atom is -0.493 e. The van der Waals surface area contributed by atoms with Gasteiger partial charge in [0.1, 0.15) is 5.82 Å². The van der Waals surface area contributed by atoms with Gasteiger partial charge in [-0.05, 0) is 30.3 Å². The van der Waals surface area contributed by atoms with Gasteiger partial charge < -0.3 is 19.7 Å². The van der Waals surface area contributed by atoms with Crippen molar-refractivity contribution in [3.8, 4) is 11.5 Å². The Hall–Kier alpha value is -3.09. The first-order valence-electron chi connectivity index (χ1n) is 8.00. The zero-order chi connectivity index (χ0) is 19.1. The van der Waals surface area contributed by atoms with Gasteiger partial charge in [-0.3, -0.25) is 9.59 Å². The molecule has 2 rings (SSSR count). The molecule has 0 bridgehead atoms. The first kappa shape index (κ1) is 19.2. The van der Waals surface area contributed by atoms with Gasteiger partial charge in [-0.15, -0.1) is 0 Å². The second kappa shape index (κ2) is 8.84. The van der Waals surface area contributed by atoms with E-state index in [1.54, 1.807) is 24.3 Å². The monoisotopic (exact) mass is 360 g/mol. The number of anilines is 2. The number of hydrogen-bond donors (Lipinski definition) is 1. The number of nitrogens with one attached hydrogen (secondary N) is 1. The molecular weight excluding hydrogens is 339 g/mol. The fourth-order valence-electron chi connectivity index (χ4n) is 2.46. The van der Waals surface area contributed by atoms with E-state index in [0.29, 0.717) is 22.9 Å². The fraction of sp³-hybridized carbons (Fsp3) is 0.263. The van der Waals surface area contributed by atoms with Crippen LogP contribution in [0.1, 0.15) is 13.3 Å². The van der Waals surface area contributed by atoms with Crippen LogP contribution in [0.25, 0.3) is 0 Å². The lowest BCUT2D eigenvalue weighted by molar-refractivity contribution is -0.117. The Bertz CT molecular complexity index is 795. The Morgan fingerprint density at radius 1 is 1.08 bits per heavy atom. The van der Waals surface area contributed by atoms with Gasteiger partial charge >= 0.3 is 0 Å². The van der Waals surface area contributed by atoms with Crippen LogP contribution in [0.5, 0.6) is 11.5 Å². The third kappa shape index (κ3) is 4.95. The summed E-state index contributed by atoms with van der Waals surface area (Å²) in [6.07, 6.45) is 0.0600. The highest BCUT2D eigenvalue weighted by Gasteiger charge is 2.14. The van der Waals surface area contributed by atoms with E-state index in [1.165, 1.54) is 44.2 Å². The number of amides is 2. The van der Waals surface area contributed by atoms with Gasteiger partial charge in [-0.2, -0.15) is 0 Å². The first-order valence-corrected chi connectivity index (χ1v) is 8.00. The number of ether oxygens (including phenoxy) is 2. The molecule has 0 aliphatic heterocycles. The van der Waals surface area contributed by atoms with Gasteiger partial charge in [0, 0.05) is 37.3 Å². The third-order valence-corrected chi connectivity index (χ3v) is 3.73. The number of methoxy groups -OCH3 is 2. The lowest BCUT2D eigenvalue weighted by Crippen LogP contribution is -2.32. The molecule has 2 aromatic rings. The molecule has 138 valence electrons. The summed E-state index contributed by atoms with van der Waals surface area (Å²) in [6.45, 7) is 1.51. The molecule has 1 N–H and O–H groups in total. The predicted molar refractivity (Wildman–Crippen MR) is 97.2 cm³/mol. The molecule has 0 radical (unpaired) electrons. The highest BCUT2D eigenvalue weighted by molar-refractivity contribution is 5.94. The Morgan fingerprint density at radius 2 is 1.81 bits per heavy atom. The molecule has 2 aromatic carbocycles. The van der Waals surface area contributed by atoms with E-state index < -0.39 is 5.82 Å². The summed E-state index contributed by atoms with van der Waals surface area (Å²) in [7, 11) is 3.03. The van der Waals surface area contributed by atoms with Crippen LogP contribution < -0.4 is 19.7 Å². The van der Waals surface area contributed by atoms with E-state index in [4.69, 9.17) is 9.47 Å². The van der Waals surface area contributed by atoms with Gasteiger partial charge in [0.15, 0.2) is 11.5 Å². The van der Waals surface area contributed by atoms with Crippen LogP contribution in [-0.4, -0.2) is 32.6 Å². The molecule has 7 heteroatoms. The zero-order valence-corrected chi connectivity index (χ0v) is 14.9. The highest BCUT2D eigenvalue weighted by atomic mass is 19.1. The number of carbonyl (C=O) groups is 2. The van der Waals surface area contributed by atoms with Crippen LogP contribution in [0.4, 0.5) is 15.8 Å². The van der Waals surface area contributed by atoms with E-state index in [0.717, 1.165) is 0 Å². The van der Waals surface area contributed by atoms with Gasteiger partial charge in [0.05, 0.1) is 14.2 Å². The van der Waals surface area contributed by atoms with Crippen molar-refractivity contribution >= 4 is 23.2 Å². The van der Waals surface area contributed by atoms with Crippen molar-refractivity contribution in [2.75, 3.05) is 31.0 Å². The van der Waals surface area contributed by atoms with Gasteiger partial charge in [-0.25, -0.2) is 4.39 Å². The summed E-state index contributed by atoms with van der Waals surface area (Å²) in [6, 6.07) is 10.7. The van der Waals surface area contributed by atoms with Crippen molar-refractivity contribution in [3.63, 3.8) is 0 Å². The quantitative estimate of drug-likeness (QED) is 0.823. The SMILES string of the molecule is COc1ccc(NC(=O)CCN(C(C)=O)c2cccc(F)c2)cc1OC. The lowest BCUT2D eigenvalue weighted by Gasteiger charge is -2.21. The van der Waals surface area contributed by atoms with Crippen LogP contribution in [0.2, 0.25) is 0 Å². The largest absolute Gasteiger partial charge is 0.493 e. The minimum atomic E-state index is -0.441. The summed E-state index contributed by atoms with van der Waals surface area (Å²) >= 11 is 0. The van der Waals surface area contributed by atoms with Gasteiger partial charge in [-0.1, -0.05) is 6.07 Å². The van der Waals surface area contributed by atoms with Gasteiger partial charge in [0.25, 0.3) is 0 Å². The number of carbonyl (C=O) groups excluding carboxylic acids is 2. The molecule has 6 nitrogen and oxygen atoms in total. The summed E-state index contributed by atoms with van der Waals surface area (Å²) < 4.78 is 23.7. The molecule has 0 fully saturated rings. The van der Waals surface area contributed by atoms with Crippen LogP contribution >= 0.6 is 0 Å². The van der Waals surface area contributed by atoms with Crippen molar-refractivity contribution in [2.45, 2.75) is 13.3 Å². The molecule has 26 heavy (non-hydrogen) atoms. The van der Waals surface area contributed by atoms with Gasteiger partial charge in [0.2, 0.25) is 11.8 Å². The third-order valence-electron chi connectivity index (χ3n) is 3.73. The predicted octanol–water partition coefficient (Wildman–Crippen LogP) is 3.22. The Labute approximate surface area is 151 Å². The summed E-state index contributed by atoms with van der Waals surface area (Å²) in [4.78, 5) is 25.4. The molecule has 0 spiro atoms. The smallest absolute Gasteiger partial charge is 0.226 e. The summed E-state index contributed by atoms with van der Waals surface area (Å²) in [5.74, 6) is 0.0627. The molecule has 0 atom stereocenters. The standard InChI is InChI=1S/C19H21FN2O4/c1-13(23)22(16-6-4-5-14(20)11-16)10-9-19(24)21-15-7-8-17(25-2)18(12-15)26-3/h4-8,11-12H,9-10H2,1-3H3,(H,21,24). The summed E-state index contributed by atoms with van der Waals surface area (Å²) in [5, 5.41) is 2.74. The maximum Gasteiger partial charge on any atom is 0.226 e. The number of halogens is 1. The van der Waals surface area contributed by atoms with E-state index in [2.05, 4.69) is 5.32 Å². The average Bonchev–Trinajstić information content (AvgIpc) is 2.61. The second-order valence-electron chi connectivity index (χ2n) is 5.52. The van der Waals surface area contributed by atoms with E-state index in [9.17, 15) is 14.0 Å². The van der Waals surface area contributed by atoms with Crippen molar-refractivity contribution in [1.29, 1.82) is 0 Å². The Kier molecular flexibility index (Phi) is 6.54. The van der Waals surface area contributed by atoms with Crippen molar-refractivity contribution < 1.29 is 23.5 Å². The normalized spacial score (nSPS) is 10.2. The molecule has 0 aromatic heterocycles. The molecular formula is C19H21FN2O4. The summed E-state index contributed by atoms with van der Waals surface area (Å²) in [5.41, 5.74) is 0.962. The minimum absolute atomic E-state index is 0.0600. The Balaban J connectivity index is 2.01. The molecule has 0 unspecified atom stereocenters. The van der Waals surface area contributed by atoms with Crippen molar-refractivity contribution in [3.05, 3.63) is 48.3 Å². The lowest BCUT2D eigenvalue weighted by atomic mass is 10.2. The van der Waals surface area contributed by atoms with E-state index in [1.807, 2.05) is 0 Å². The van der Waals surface area contributed by atoms with Crippen LogP contribution in [0.3, 0.4) is 0 Å². The van der Waals surface area contributed by atoms with Crippen LogP contribution in [-0.2, 0) is 9.59 Å². The maximum atomic E-state index is 13.4. The Morgan fingerprint density at radius 3 is 2.42 bits per heavy atom. The number of rotatable bonds is 7. The van der Waals surface area contributed by atoms with E-state index >= 15 is 0 Å². The first-order chi connectivity index (χ1) is 12.4. The topological polar surface area (TPSA) is 67.9 Å². The average molecular weight is 360 g/mol. The zero-order valence-electron chi connectivity index (χ0n) is 14.9. The number of hydrogen-bond acceptors (Lipinski definition) is 4. The van der Waals surface area contributed by atoms with Crippen LogP contribution in [0, 0.1) is 5.82 Å². The maximum absolute atomic E-state index is 13.4. The number of nitrogens with zero attached hydrogens (tertiary/aromatic N) is 1. The molecule has 0 heterocycles. The molecule has 0 saturated carbocycles. The molecule has 0 saturated heterocycles. The number of benzene rings is 2. The van der Waals surface area contributed by atoms with Crippen molar-refractivity contribution in [2.24, 2.45) is 0 Å². The molecule has 0 aliphatic carbocycles. The molecule has 2 amide bonds. The fourth-order valence-corrected chi connectivity index (χ4v) is 2.46. The highest BCUT2D eigenvalue weighted by Crippen LogP contribution is 2.29. The van der Waals surface area contributed by atoms with E-state index in [-0.39, 0.29) is 24.8 Å².